The van der Waals surface area contributed by atoms with Crippen molar-refractivity contribution in [2.45, 2.75) is 26.2 Å². The molecule has 12 nitrogen and oxygen atoms in total. The summed E-state index contributed by atoms with van der Waals surface area (Å²) in [5, 5.41) is 9.49. The molecule has 6 aromatic rings. The van der Waals surface area contributed by atoms with Crippen molar-refractivity contribution < 1.29 is 42.9 Å². The third-order valence-corrected chi connectivity index (χ3v) is 10.9. The Morgan fingerprint density at radius 1 is 0.762 bits per heavy atom. The Balaban J connectivity index is 1.14. The van der Waals surface area contributed by atoms with E-state index < -0.39 is 18.1 Å². The molecular formula is C49H44ClN3O9S. The Morgan fingerprint density at radius 3 is 2.16 bits per heavy atom. The second kappa shape index (κ2) is 22.8. The molecule has 6 rings (SSSR count). The zero-order valence-corrected chi connectivity index (χ0v) is 36.2. The van der Waals surface area contributed by atoms with Crippen LogP contribution in [0.5, 0.6) is 11.5 Å². The number of aromatic nitrogens is 1. The van der Waals surface area contributed by atoms with Crippen molar-refractivity contribution in [3.8, 4) is 33.8 Å². The fourth-order valence-corrected chi connectivity index (χ4v) is 7.37. The fraction of sp³-hybridized carbons (Fsp3) is 0.184. The van der Waals surface area contributed by atoms with Gasteiger partial charge in [0.1, 0.15) is 18.1 Å². The van der Waals surface area contributed by atoms with Gasteiger partial charge in [0.15, 0.2) is 5.78 Å². The first-order chi connectivity index (χ1) is 30.6. The van der Waals surface area contributed by atoms with Gasteiger partial charge in [0, 0.05) is 42.3 Å². The van der Waals surface area contributed by atoms with Gasteiger partial charge in [0.05, 0.1) is 41.3 Å². The summed E-state index contributed by atoms with van der Waals surface area (Å²) in [6, 6.07) is 32.7. The van der Waals surface area contributed by atoms with Crippen LogP contribution in [0.1, 0.15) is 47.7 Å². The Morgan fingerprint density at radius 2 is 1.43 bits per heavy atom. The lowest BCUT2D eigenvalue weighted by Crippen LogP contribution is -2.12. The summed E-state index contributed by atoms with van der Waals surface area (Å²) in [7, 11) is 1.94. The van der Waals surface area contributed by atoms with E-state index in [9.17, 15) is 19.2 Å². The lowest BCUT2D eigenvalue weighted by atomic mass is 9.94. The maximum absolute atomic E-state index is 12.7. The van der Waals surface area contributed by atoms with E-state index in [0.29, 0.717) is 39.7 Å². The van der Waals surface area contributed by atoms with Crippen LogP contribution in [0.25, 0.3) is 38.5 Å². The van der Waals surface area contributed by atoms with E-state index >= 15 is 0 Å². The number of rotatable bonds is 19. The second-order valence-electron chi connectivity index (χ2n) is 13.8. The number of ketones is 1. The molecule has 0 aliphatic heterocycles. The van der Waals surface area contributed by atoms with Crippen molar-refractivity contribution in [3.63, 3.8) is 0 Å². The minimum absolute atomic E-state index is 0.142. The zero-order chi connectivity index (χ0) is 44.6. The first-order valence-electron chi connectivity index (χ1n) is 20.0. The van der Waals surface area contributed by atoms with Gasteiger partial charge in [-0.15, -0.1) is 5.10 Å². The fourth-order valence-electron chi connectivity index (χ4n) is 6.07. The summed E-state index contributed by atoms with van der Waals surface area (Å²) in [6.45, 7) is 5.91. The summed E-state index contributed by atoms with van der Waals surface area (Å²) < 4.78 is 29.2. The molecule has 0 aliphatic rings. The number of aryl methyl sites for hydroxylation is 1. The number of esters is 2. The van der Waals surface area contributed by atoms with Crippen LogP contribution in [-0.4, -0.2) is 61.1 Å². The summed E-state index contributed by atoms with van der Waals surface area (Å²) in [5.74, 6) is -0.732. The molecule has 0 fully saturated rings. The normalized spacial score (nSPS) is 11.6. The number of halogens is 1. The van der Waals surface area contributed by atoms with Crippen molar-refractivity contribution in [3.05, 3.63) is 154 Å². The maximum Gasteiger partial charge on any atom is 0.513 e. The number of hydrogen-bond acceptors (Lipinski definition) is 12. The van der Waals surface area contributed by atoms with Crippen LogP contribution in [0, 0.1) is 0 Å². The number of ether oxygens (including phenoxy) is 5. The highest BCUT2D eigenvalue weighted by molar-refractivity contribution is 7.16. The molecule has 0 spiro atoms. The third kappa shape index (κ3) is 12.8. The Kier molecular flexibility index (Phi) is 16.5. The van der Waals surface area contributed by atoms with Gasteiger partial charge >= 0.3 is 18.1 Å². The number of hydrogen-bond donors (Lipinski definition) is 0. The van der Waals surface area contributed by atoms with Gasteiger partial charge in [-0.25, -0.2) is 14.4 Å². The molecule has 1 heterocycles. The van der Waals surface area contributed by atoms with E-state index in [2.05, 4.69) is 16.8 Å². The molecule has 1 aromatic heterocycles. The summed E-state index contributed by atoms with van der Waals surface area (Å²) in [5.41, 5.74) is 6.00. The molecule has 14 heteroatoms. The van der Waals surface area contributed by atoms with Crippen LogP contribution in [-0.2, 0) is 30.8 Å². The number of fused-ring (bicyclic) bond motifs is 1. The van der Waals surface area contributed by atoms with Crippen LogP contribution >= 0.6 is 22.9 Å². The van der Waals surface area contributed by atoms with E-state index in [1.807, 2.05) is 91.3 Å². The summed E-state index contributed by atoms with van der Waals surface area (Å²) >= 11 is 8.71. The van der Waals surface area contributed by atoms with Gasteiger partial charge in [-0.05, 0) is 83.3 Å². The minimum atomic E-state index is -0.755. The standard InChI is InChI=1S/C49H44ClN3O9S/c1-4-6-29-60-49(57)62-38-21-17-35(18-22-38)40-26-25-39(41(47(40)50)31-51-52-48-53(3)42-10-7-8-11-44(42)63-48)34-15-12-33(13-16-34)14-27-46(56)61-37-23-19-36(20-24-37)43(54)32-58-28-9-30-59-45(55)5-2/h5,7-8,10-27,31H,2,4,6,9,28-30,32H2,1,3H3/b27-14+,51-31+,52-48-. The Hall–Kier alpha value is -6.93. The average Bonchev–Trinajstić information content (AvgIpc) is 3.62. The van der Waals surface area contributed by atoms with Crippen molar-refractivity contribution in [1.82, 2.24) is 4.57 Å². The molecule has 0 saturated heterocycles. The van der Waals surface area contributed by atoms with Gasteiger partial charge in [0.25, 0.3) is 0 Å². The molecule has 0 bridgehead atoms. The summed E-state index contributed by atoms with van der Waals surface area (Å²) in [4.78, 5) is 49.1. The van der Waals surface area contributed by atoms with Crippen LogP contribution in [0.4, 0.5) is 4.79 Å². The van der Waals surface area contributed by atoms with E-state index in [1.54, 1.807) is 36.6 Å². The zero-order valence-electron chi connectivity index (χ0n) is 34.7. The Bertz CT molecular complexity index is 2700. The molecule has 63 heavy (non-hydrogen) atoms. The number of unbranched alkanes of at least 4 members (excludes halogenated alkanes) is 1. The first-order valence-corrected chi connectivity index (χ1v) is 21.2. The molecule has 0 atom stereocenters. The number of carbonyl (C=O) groups is 4. The van der Waals surface area contributed by atoms with Crippen molar-refractivity contribution in [2.24, 2.45) is 17.3 Å². The predicted octanol–water partition coefficient (Wildman–Crippen LogP) is 10.4. The molecule has 0 unspecified atom stereocenters. The molecule has 0 saturated carbocycles. The smallest absolute Gasteiger partial charge is 0.462 e. The SMILES string of the molecule is C=CC(=O)OCCCOCC(=O)c1ccc(OC(=O)/C=C/c2ccc(-c3ccc(-c4ccc(OC(=O)OCCCC)cc4)c(Cl)c3/C=N/N=c3\sc4ccccc4n3C)cc2)cc1. The molecule has 5 aromatic carbocycles. The first kappa shape index (κ1) is 45.6. The van der Waals surface area contributed by atoms with Crippen molar-refractivity contribution >= 4 is 69.3 Å². The quantitative estimate of drug-likeness (QED) is 0.0113. The van der Waals surface area contributed by atoms with Gasteiger partial charge in [-0.1, -0.05) is 104 Å². The predicted molar refractivity (Wildman–Crippen MR) is 245 cm³/mol. The van der Waals surface area contributed by atoms with Gasteiger partial charge in [0.2, 0.25) is 4.80 Å². The average molecular weight is 886 g/mol. The highest BCUT2D eigenvalue weighted by Crippen LogP contribution is 2.37. The monoisotopic (exact) mass is 885 g/mol. The van der Waals surface area contributed by atoms with Gasteiger partial charge < -0.3 is 28.3 Å². The maximum atomic E-state index is 12.7. The van der Waals surface area contributed by atoms with E-state index in [4.69, 9.17) is 35.3 Å². The van der Waals surface area contributed by atoms with E-state index in [0.717, 1.165) is 57.0 Å². The number of benzene rings is 5. The van der Waals surface area contributed by atoms with Gasteiger partial charge in [-0.3, -0.25) is 4.79 Å². The lowest BCUT2D eigenvalue weighted by molar-refractivity contribution is -0.138. The molecule has 0 N–H and O–H groups in total. The van der Waals surface area contributed by atoms with Crippen LogP contribution in [0.2, 0.25) is 5.02 Å². The molecule has 0 amide bonds. The van der Waals surface area contributed by atoms with Crippen LogP contribution in [0.15, 0.2) is 138 Å². The lowest BCUT2D eigenvalue weighted by Gasteiger charge is -2.13. The number of carbonyl (C=O) groups excluding carboxylic acids is 4. The van der Waals surface area contributed by atoms with Crippen molar-refractivity contribution in [1.29, 1.82) is 0 Å². The summed E-state index contributed by atoms with van der Waals surface area (Å²) in [6.07, 6.45) is 7.03. The topological polar surface area (TPSA) is 144 Å². The number of para-hydroxylation sites is 1. The van der Waals surface area contributed by atoms with Crippen molar-refractivity contribution in [2.75, 3.05) is 26.4 Å². The molecule has 322 valence electrons. The number of Topliss-reactive ketones (excluding diaryl/α,β-unsaturated/α-hetero) is 1. The largest absolute Gasteiger partial charge is 0.513 e. The molecular weight excluding hydrogens is 842 g/mol. The van der Waals surface area contributed by atoms with Crippen LogP contribution < -0.4 is 14.3 Å². The molecule has 0 radical (unpaired) electrons. The number of thiazole rings is 1. The second-order valence-corrected chi connectivity index (χ2v) is 15.2. The van der Waals surface area contributed by atoms with Gasteiger partial charge in [-0.2, -0.15) is 5.10 Å². The number of nitrogens with zero attached hydrogens (tertiary/aromatic N) is 3. The third-order valence-electron chi connectivity index (χ3n) is 9.41. The molecule has 0 aliphatic carbocycles. The Labute approximate surface area is 373 Å². The van der Waals surface area contributed by atoms with E-state index in [-0.39, 0.29) is 31.4 Å². The highest BCUT2D eigenvalue weighted by Gasteiger charge is 2.15. The highest BCUT2D eigenvalue weighted by atomic mass is 35.5. The van der Waals surface area contributed by atoms with Crippen LogP contribution in [0.3, 0.4) is 0 Å². The minimum Gasteiger partial charge on any atom is -0.462 e. The van der Waals surface area contributed by atoms with E-state index in [1.165, 1.54) is 29.5 Å².